The lowest BCUT2D eigenvalue weighted by molar-refractivity contribution is -0.132. The number of aromatic nitrogens is 1. The summed E-state index contributed by atoms with van der Waals surface area (Å²) in [5, 5.41) is 0. The van der Waals surface area contributed by atoms with Gasteiger partial charge >= 0.3 is 6.09 Å². The number of benzene rings is 1. The smallest absolute Gasteiger partial charge is 0.409 e. The second kappa shape index (κ2) is 6.90. The van der Waals surface area contributed by atoms with Gasteiger partial charge in [-0.15, -0.1) is 0 Å². The van der Waals surface area contributed by atoms with Gasteiger partial charge in [0.25, 0.3) is 0 Å². The number of hydrogen-bond donors (Lipinski definition) is 0. The number of oxazole rings is 1. The van der Waals surface area contributed by atoms with Crippen molar-refractivity contribution >= 4 is 23.1 Å². The molecule has 2 amide bonds. The summed E-state index contributed by atoms with van der Waals surface area (Å²) in [4.78, 5) is 31.8. The summed E-state index contributed by atoms with van der Waals surface area (Å²) >= 11 is 0. The van der Waals surface area contributed by atoms with Gasteiger partial charge in [0.1, 0.15) is 5.52 Å². The first kappa shape index (κ1) is 16.3. The molecule has 0 radical (unpaired) electrons. The second-order valence-electron chi connectivity index (χ2n) is 5.78. The van der Waals surface area contributed by atoms with E-state index in [1.807, 2.05) is 18.2 Å². The molecule has 0 unspecified atom stereocenters. The average Bonchev–Trinajstić information content (AvgIpc) is 2.94. The van der Waals surface area contributed by atoms with Gasteiger partial charge in [0.05, 0.1) is 13.0 Å². The minimum Gasteiger partial charge on any atom is -0.450 e. The number of fused-ring (bicyclic) bond motifs is 1. The van der Waals surface area contributed by atoms with Gasteiger partial charge in [-0.2, -0.15) is 0 Å². The molecule has 1 aliphatic rings. The first-order chi connectivity index (χ1) is 11.6. The van der Waals surface area contributed by atoms with Crippen LogP contribution in [0, 0.1) is 6.92 Å². The average molecular weight is 331 g/mol. The molecule has 1 saturated heterocycles. The lowest BCUT2D eigenvalue weighted by Crippen LogP contribution is -2.51. The minimum absolute atomic E-state index is 0.0538. The third-order valence-electron chi connectivity index (χ3n) is 4.07. The molecule has 0 atom stereocenters. The molecule has 2 aromatic rings. The number of rotatable bonds is 3. The largest absolute Gasteiger partial charge is 0.450 e. The van der Waals surface area contributed by atoms with Crippen LogP contribution in [0.15, 0.2) is 22.6 Å². The van der Waals surface area contributed by atoms with Crippen molar-refractivity contribution in [2.24, 2.45) is 0 Å². The van der Waals surface area contributed by atoms with Gasteiger partial charge in [-0.25, -0.2) is 9.78 Å². The van der Waals surface area contributed by atoms with Crippen LogP contribution in [-0.2, 0) is 16.0 Å². The summed E-state index contributed by atoms with van der Waals surface area (Å²) in [6, 6.07) is 5.62. The molecule has 0 spiro atoms. The Morgan fingerprint density at radius 3 is 2.62 bits per heavy atom. The SMILES string of the molecule is CCOC(=O)N1CCN(C(=O)Cc2ccc3oc(C)nc3c2)CC1. The molecular formula is C17H21N3O4. The summed E-state index contributed by atoms with van der Waals surface area (Å²) in [6.45, 7) is 6.02. The molecule has 3 rings (SSSR count). The lowest BCUT2D eigenvalue weighted by atomic mass is 10.1. The Morgan fingerprint density at radius 2 is 1.92 bits per heavy atom. The number of piperazine rings is 1. The fourth-order valence-electron chi connectivity index (χ4n) is 2.84. The van der Waals surface area contributed by atoms with E-state index in [1.54, 1.807) is 23.6 Å². The zero-order valence-electron chi connectivity index (χ0n) is 13.9. The Hall–Kier alpha value is -2.57. The maximum absolute atomic E-state index is 12.5. The summed E-state index contributed by atoms with van der Waals surface area (Å²) in [6.07, 6.45) is 0.0118. The van der Waals surface area contributed by atoms with E-state index in [9.17, 15) is 9.59 Å². The third-order valence-corrected chi connectivity index (χ3v) is 4.07. The van der Waals surface area contributed by atoms with Crippen LogP contribution in [0.25, 0.3) is 11.1 Å². The summed E-state index contributed by atoms with van der Waals surface area (Å²) in [7, 11) is 0. The van der Waals surface area contributed by atoms with Gasteiger partial charge in [-0.3, -0.25) is 4.79 Å². The van der Waals surface area contributed by atoms with Crippen LogP contribution in [0.5, 0.6) is 0 Å². The quantitative estimate of drug-likeness (QED) is 0.859. The molecular weight excluding hydrogens is 310 g/mol. The zero-order chi connectivity index (χ0) is 17.1. The maximum atomic E-state index is 12.5. The van der Waals surface area contributed by atoms with Crippen LogP contribution in [0.3, 0.4) is 0 Å². The Labute approximate surface area is 140 Å². The van der Waals surface area contributed by atoms with Crippen molar-refractivity contribution in [2.75, 3.05) is 32.8 Å². The number of hydrogen-bond acceptors (Lipinski definition) is 5. The number of carbonyl (C=O) groups is 2. The van der Waals surface area contributed by atoms with Crippen molar-refractivity contribution in [2.45, 2.75) is 20.3 Å². The Kier molecular flexibility index (Phi) is 4.69. The van der Waals surface area contributed by atoms with Gasteiger partial charge in [-0.05, 0) is 24.6 Å². The van der Waals surface area contributed by atoms with E-state index in [1.165, 1.54) is 0 Å². The highest BCUT2D eigenvalue weighted by atomic mass is 16.6. The van der Waals surface area contributed by atoms with Gasteiger partial charge in [0, 0.05) is 33.1 Å². The van der Waals surface area contributed by atoms with Crippen LogP contribution >= 0.6 is 0 Å². The van der Waals surface area contributed by atoms with Crippen molar-refractivity contribution in [3.8, 4) is 0 Å². The van der Waals surface area contributed by atoms with E-state index in [4.69, 9.17) is 9.15 Å². The van der Waals surface area contributed by atoms with Gasteiger partial charge < -0.3 is 19.0 Å². The Balaban J connectivity index is 1.58. The molecule has 24 heavy (non-hydrogen) atoms. The van der Waals surface area contributed by atoms with Crippen LogP contribution < -0.4 is 0 Å². The molecule has 0 N–H and O–H groups in total. The molecule has 0 bridgehead atoms. The van der Waals surface area contributed by atoms with Crippen LogP contribution in [-0.4, -0.2) is 59.6 Å². The van der Waals surface area contributed by atoms with Crippen molar-refractivity contribution in [3.05, 3.63) is 29.7 Å². The van der Waals surface area contributed by atoms with E-state index in [2.05, 4.69) is 4.98 Å². The van der Waals surface area contributed by atoms with Crippen molar-refractivity contribution in [1.29, 1.82) is 0 Å². The molecule has 2 heterocycles. The van der Waals surface area contributed by atoms with Crippen LogP contribution in [0.4, 0.5) is 4.79 Å². The highest BCUT2D eigenvalue weighted by molar-refractivity contribution is 5.81. The topological polar surface area (TPSA) is 75.9 Å². The molecule has 7 heteroatoms. The summed E-state index contributed by atoms with van der Waals surface area (Å²) in [5.41, 5.74) is 2.41. The van der Waals surface area contributed by atoms with Gasteiger partial charge in [-0.1, -0.05) is 6.07 Å². The highest BCUT2D eigenvalue weighted by Gasteiger charge is 2.24. The van der Waals surface area contributed by atoms with E-state index < -0.39 is 0 Å². The van der Waals surface area contributed by atoms with Crippen molar-refractivity contribution < 1.29 is 18.7 Å². The number of ether oxygens (including phenoxy) is 1. The first-order valence-electron chi connectivity index (χ1n) is 8.12. The molecule has 1 aromatic carbocycles. The molecule has 1 fully saturated rings. The molecule has 7 nitrogen and oxygen atoms in total. The predicted molar refractivity (Wildman–Crippen MR) is 87.6 cm³/mol. The summed E-state index contributed by atoms with van der Waals surface area (Å²) in [5.74, 6) is 0.668. The zero-order valence-corrected chi connectivity index (χ0v) is 13.9. The van der Waals surface area contributed by atoms with E-state index in [0.29, 0.717) is 45.1 Å². The predicted octanol–water partition coefficient (Wildman–Crippen LogP) is 1.98. The number of aryl methyl sites for hydroxylation is 1. The first-order valence-corrected chi connectivity index (χ1v) is 8.12. The molecule has 0 aliphatic carbocycles. The summed E-state index contributed by atoms with van der Waals surface area (Å²) < 4.78 is 10.4. The van der Waals surface area contributed by atoms with Crippen LogP contribution in [0.2, 0.25) is 0 Å². The molecule has 1 aliphatic heterocycles. The lowest BCUT2D eigenvalue weighted by Gasteiger charge is -2.34. The molecule has 128 valence electrons. The van der Waals surface area contributed by atoms with E-state index >= 15 is 0 Å². The van der Waals surface area contributed by atoms with Crippen LogP contribution in [0.1, 0.15) is 18.4 Å². The normalized spacial score (nSPS) is 14.9. The van der Waals surface area contributed by atoms with E-state index in [0.717, 1.165) is 16.7 Å². The van der Waals surface area contributed by atoms with Gasteiger partial charge in [0.2, 0.25) is 5.91 Å². The second-order valence-corrected chi connectivity index (χ2v) is 5.78. The Bertz CT molecular complexity index is 747. The van der Waals surface area contributed by atoms with Crippen molar-refractivity contribution in [1.82, 2.24) is 14.8 Å². The van der Waals surface area contributed by atoms with E-state index in [-0.39, 0.29) is 12.0 Å². The third kappa shape index (κ3) is 3.50. The number of carbonyl (C=O) groups excluding carboxylic acids is 2. The van der Waals surface area contributed by atoms with Crippen molar-refractivity contribution in [3.63, 3.8) is 0 Å². The standard InChI is InChI=1S/C17H21N3O4/c1-3-23-17(22)20-8-6-19(7-9-20)16(21)11-13-4-5-15-14(10-13)18-12(2)24-15/h4-5,10H,3,6-9,11H2,1-2H3. The highest BCUT2D eigenvalue weighted by Crippen LogP contribution is 2.17. The fraction of sp³-hybridized carbons (Fsp3) is 0.471. The monoisotopic (exact) mass is 331 g/mol. The Morgan fingerprint density at radius 1 is 1.21 bits per heavy atom. The van der Waals surface area contributed by atoms with Gasteiger partial charge in [0.15, 0.2) is 11.5 Å². The fourth-order valence-corrected chi connectivity index (χ4v) is 2.84. The molecule has 0 saturated carbocycles. The minimum atomic E-state index is -0.309. The molecule has 1 aromatic heterocycles. The number of nitrogens with zero attached hydrogens (tertiary/aromatic N) is 3. The number of amides is 2. The maximum Gasteiger partial charge on any atom is 0.409 e.